The molecular weight excluding hydrogens is 1370 g/mol. The number of rotatable bonds is 25. The number of aliphatic hydroxyl groups excluding tert-OH is 2. The number of carboxylic acid groups (broad SMARTS) is 2. The molecule has 8 rings (SSSR count). The number of phenols is 2. The second-order valence-corrected chi connectivity index (χ2v) is 19.6. The quantitative estimate of drug-likeness (QED) is 0.00773. The number of Topliss-reactive ketones (excluding diaryl/α,β-unsaturated/α-hetero) is 1. The van der Waals surface area contributed by atoms with Crippen molar-refractivity contribution in [1.82, 2.24) is 0 Å². The lowest BCUT2D eigenvalue weighted by molar-refractivity contribution is -0.139. The summed E-state index contributed by atoms with van der Waals surface area (Å²) in [5, 5.41) is 69.8. The van der Waals surface area contributed by atoms with Crippen LogP contribution in [-0.2, 0) is 32.9 Å². The number of carbonyl (C=O) groups excluding carboxylic acids is 5. The SMILES string of the molecule is C=CC(=O)OCCOc1ccc(C(=O)COc2ccc(-c3ccc(C#N)cc3)cc2)cc1.C=CC(=O)OCCOc1ccc(C(=O)O)cc1.C=CC(=O)OCl.CCOC(=O)c1ccc(O)cc1.N#Cc1ccc(-c2ccc(O)cc2)cc1.O=C(O)c1ccc(OCCO)cc1.OCCBr. The molecule has 0 atom stereocenters. The smallest absolute Gasteiger partial charge is 0.348 e. The van der Waals surface area contributed by atoms with Gasteiger partial charge in [-0.3, -0.25) is 4.79 Å². The summed E-state index contributed by atoms with van der Waals surface area (Å²) in [5.74, 6) is -1.49. The molecule has 8 aromatic carbocycles. The molecule has 8 aromatic rings. The molecule has 516 valence electrons. The molecule has 0 spiro atoms. The normalized spacial score (nSPS) is 9.40. The largest absolute Gasteiger partial charge is 0.508 e. The maximum Gasteiger partial charge on any atom is 0.348 e. The predicted octanol–water partition coefficient (Wildman–Crippen LogP) is 12.6. The molecule has 0 unspecified atom stereocenters. The number of aromatic carboxylic acids is 2. The second kappa shape index (κ2) is 49.5. The Balaban J connectivity index is 0.000000427. The number of carbonyl (C=O) groups is 7. The molecule has 99 heavy (non-hydrogen) atoms. The number of hydrogen-bond donors (Lipinski definition) is 6. The van der Waals surface area contributed by atoms with Gasteiger partial charge in [0, 0.05) is 29.1 Å². The monoisotopic (exact) mass is 1440 g/mol. The first-order valence-electron chi connectivity index (χ1n) is 29.2. The number of ketones is 1. The van der Waals surface area contributed by atoms with Gasteiger partial charge in [-0.15, -0.1) is 0 Å². The first-order valence-corrected chi connectivity index (χ1v) is 30.6. The number of carboxylic acids is 2. The Morgan fingerprint density at radius 2 is 0.747 bits per heavy atom. The highest BCUT2D eigenvalue weighted by atomic mass is 79.9. The van der Waals surface area contributed by atoms with Crippen LogP contribution in [-0.4, -0.2) is 137 Å². The first-order chi connectivity index (χ1) is 47.7. The van der Waals surface area contributed by atoms with E-state index in [-0.39, 0.29) is 87.2 Å². The van der Waals surface area contributed by atoms with E-state index in [2.05, 4.69) is 64.0 Å². The number of alkyl halides is 1. The maximum atomic E-state index is 12.4. The molecular formula is C74H70BrClN2O21. The highest BCUT2D eigenvalue weighted by Crippen LogP contribution is 2.25. The van der Waals surface area contributed by atoms with Crippen LogP contribution in [0.4, 0.5) is 0 Å². The Hall–Kier alpha value is -12.1. The number of halogens is 2. The van der Waals surface area contributed by atoms with Crippen LogP contribution in [0.15, 0.2) is 232 Å². The summed E-state index contributed by atoms with van der Waals surface area (Å²) in [6.07, 6.45) is 3.14. The summed E-state index contributed by atoms with van der Waals surface area (Å²) in [5.41, 5.74) is 6.67. The number of aromatic hydroxyl groups is 2. The van der Waals surface area contributed by atoms with Crippen molar-refractivity contribution in [3.8, 4) is 68.9 Å². The summed E-state index contributed by atoms with van der Waals surface area (Å²) in [6, 6.07) is 57.8. The fraction of sp³-hybridized carbons (Fsp3) is 0.149. The van der Waals surface area contributed by atoms with E-state index >= 15 is 0 Å². The Labute approximate surface area is 584 Å². The summed E-state index contributed by atoms with van der Waals surface area (Å²) in [7, 11) is 0. The topological polar surface area (TPSA) is 362 Å². The van der Waals surface area contributed by atoms with Crippen LogP contribution in [0.5, 0.6) is 34.5 Å². The number of hydrogen-bond acceptors (Lipinski definition) is 21. The minimum Gasteiger partial charge on any atom is -0.508 e. The van der Waals surface area contributed by atoms with E-state index in [1.807, 2.05) is 48.5 Å². The lowest BCUT2D eigenvalue weighted by Crippen LogP contribution is -2.12. The van der Waals surface area contributed by atoms with Crippen molar-refractivity contribution in [3.05, 3.63) is 265 Å². The molecule has 0 fully saturated rings. The molecule has 0 aromatic heterocycles. The third-order valence-corrected chi connectivity index (χ3v) is 12.3. The third kappa shape index (κ3) is 35.3. The van der Waals surface area contributed by atoms with Gasteiger partial charge in [0.1, 0.15) is 79.4 Å². The van der Waals surface area contributed by atoms with Crippen LogP contribution >= 0.6 is 27.8 Å². The molecule has 0 radical (unpaired) electrons. The fourth-order valence-corrected chi connectivity index (χ4v) is 7.02. The van der Waals surface area contributed by atoms with Gasteiger partial charge in [-0.1, -0.05) is 84.2 Å². The summed E-state index contributed by atoms with van der Waals surface area (Å²) >= 11 is 7.53. The van der Waals surface area contributed by atoms with Crippen molar-refractivity contribution in [1.29, 1.82) is 10.5 Å². The summed E-state index contributed by atoms with van der Waals surface area (Å²) in [6.45, 7) is 12.7. The molecule has 0 bridgehead atoms. The first kappa shape index (κ1) is 83.0. The lowest BCUT2D eigenvalue weighted by atomic mass is 10.0. The number of nitrogens with zero attached hydrogens (tertiary/aromatic N) is 2. The Bertz CT molecular complexity index is 3860. The molecule has 6 N–H and O–H groups in total. The molecule has 23 nitrogen and oxygen atoms in total. The number of phenolic OH excluding ortho intramolecular Hbond substituents is 2. The molecule has 0 aliphatic carbocycles. The molecule has 0 aliphatic heterocycles. The molecule has 0 saturated heterocycles. The number of benzene rings is 8. The van der Waals surface area contributed by atoms with Crippen molar-refractivity contribution in [3.63, 3.8) is 0 Å². The van der Waals surface area contributed by atoms with Gasteiger partial charge >= 0.3 is 35.8 Å². The number of esters is 3. The minimum atomic E-state index is -0.989. The molecule has 0 aliphatic rings. The van der Waals surface area contributed by atoms with E-state index in [0.717, 1.165) is 40.5 Å². The average molecular weight is 1440 g/mol. The second-order valence-electron chi connectivity index (χ2n) is 18.6. The van der Waals surface area contributed by atoms with E-state index in [4.69, 9.17) is 74.3 Å². The van der Waals surface area contributed by atoms with Gasteiger partial charge < -0.3 is 68.1 Å². The van der Waals surface area contributed by atoms with E-state index in [0.29, 0.717) is 57.2 Å². The molecule has 0 heterocycles. The third-order valence-electron chi connectivity index (χ3n) is 11.8. The van der Waals surface area contributed by atoms with Crippen molar-refractivity contribution in [2.45, 2.75) is 6.92 Å². The van der Waals surface area contributed by atoms with Gasteiger partial charge in [-0.2, -0.15) is 10.5 Å². The van der Waals surface area contributed by atoms with Crippen LogP contribution < -0.4 is 18.9 Å². The van der Waals surface area contributed by atoms with E-state index in [1.54, 1.807) is 104 Å². The highest BCUT2D eigenvalue weighted by molar-refractivity contribution is 9.09. The van der Waals surface area contributed by atoms with Gasteiger partial charge in [0.15, 0.2) is 12.4 Å². The van der Waals surface area contributed by atoms with Gasteiger partial charge in [0.25, 0.3) is 0 Å². The number of aliphatic hydroxyl groups is 2. The van der Waals surface area contributed by atoms with E-state index in [1.165, 1.54) is 48.5 Å². The van der Waals surface area contributed by atoms with Crippen LogP contribution in [0.3, 0.4) is 0 Å². The Morgan fingerprint density at radius 1 is 0.434 bits per heavy atom. The summed E-state index contributed by atoms with van der Waals surface area (Å²) in [4.78, 5) is 75.8. The number of ether oxygens (including phenoxy) is 7. The van der Waals surface area contributed by atoms with E-state index < -0.39 is 29.8 Å². The molecule has 25 heteroatoms. The molecule has 0 amide bonds. The number of nitriles is 2. The van der Waals surface area contributed by atoms with Crippen LogP contribution in [0.2, 0.25) is 0 Å². The van der Waals surface area contributed by atoms with Crippen molar-refractivity contribution < 1.29 is 102 Å². The van der Waals surface area contributed by atoms with Crippen LogP contribution in [0.1, 0.15) is 59.5 Å². The van der Waals surface area contributed by atoms with Crippen LogP contribution in [0, 0.1) is 22.7 Å². The summed E-state index contributed by atoms with van der Waals surface area (Å²) < 4.78 is 39.2. The zero-order valence-electron chi connectivity index (χ0n) is 53.4. The van der Waals surface area contributed by atoms with Crippen molar-refractivity contribution in [2.75, 3.05) is 64.8 Å². The standard InChI is InChI=1S/C26H21NO5.C13H9NO.C12H12O5.C9H10O4.C9H10O3.C3H3ClO2.C2H5BrO/c1-2-26(29)31-16-15-30-23-13-9-22(10-14-23)25(28)18-32-24-11-7-21(8-12-24)20-5-3-19(17-27)4-6-20;14-9-10-1-3-11(4-2-10)12-5-7-13(15)8-6-12;1-2-11(13)17-8-7-16-10-5-3-9(4-6-10)12(14)15;10-5-6-13-8-3-1-7(2-4-8)9(11)12;1-2-12-9(11)7-3-5-8(10)6-4-7;1-2-3(5)6-4;3-1-2-4/h2-14H,1,15-16,18H2;1-8,15H;2-6H,1,7-8H2,(H,14,15);1-4,10H,5-6H2,(H,11,12);3-6,10H,2H2,1H3;2H,1H2;4H,1-2H2. The van der Waals surface area contributed by atoms with Gasteiger partial charge in [-0.05, 0) is 175 Å². The minimum absolute atomic E-state index is 0.0549. The molecule has 0 saturated carbocycles. The Morgan fingerprint density at radius 3 is 1.06 bits per heavy atom. The van der Waals surface area contributed by atoms with Crippen molar-refractivity contribution in [2.24, 2.45) is 0 Å². The maximum absolute atomic E-state index is 12.4. The van der Waals surface area contributed by atoms with Crippen molar-refractivity contribution >= 4 is 69.4 Å². The lowest BCUT2D eigenvalue weighted by Gasteiger charge is -2.09. The van der Waals surface area contributed by atoms with Gasteiger partial charge in [0.2, 0.25) is 0 Å². The zero-order chi connectivity index (χ0) is 73.2. The average Bonchev–Trinajstić information content (AvgIpc) is 0.925. The zero-order valence-corrected chi connectivity index (χ0v) is 55.7. The van der Waals surface area contributed by atoms with E-state index in [9.17, 15) is 33.6 Å². The van der Waals surface area contributed by atoms with Crippen LogP contribution in [0.25, 0.3) is 22.3 Å². The highest BCUT2D eigenvalue weighted by Gasteiger charge is 2.10. The van der Waals surface area contributed by atoms with Gasteiger partial charge in [-0.25, -0.2) is 28.8 Å². The Kier molecular flexibility index (Phi) is 41.5. The van der Waals surface area contributed by atoms with Gasteiger partial charge in [0.05, 0.1) is 59.8 Å². The predicted molar refractivity (Wildman–Crippen MR) is 371 cm³/mol. The fourth-order valence-electron chi connectivity index (χ4n) is 6.96.